The smallest absolute Gasteiger partial charge is 0.0561 e. The maximum Gasteiger partial charge on any atom is 0.0561 e. The van der Waals surface area contributed by atoms with Gasteiger partial charge in [0.05, 0.1) is 6.10 Å². The quantitative estimate of drug-likeness (QED) is 0.795. The van der Waals surface area contributed by atoms with Crippen LogP contribution in [0.5, 0.6) is 0 Å². The van der Waals surface area contributed by atoms with E-state index in [1.807, 2.05) is 0 Å². The van der Waals surface area contributed by atoms with Crippen molar-refractivity contribution in [1.82, 2.24) is 10.2 Å². The number of hydrogen-bond acceptors (Lipinski definition) is 3. The third-order valence-corrected chi connectivity index (χ3v) is 4.33. The van der Waals surface area contributed by atoms with E-state index in [9.17, 15) is 0 Å². The van der Waals surface area contributed by atoms with Crippen LogP contribution in [0.4, 0.5) is 0 Å². The van der Waals surface area contributed by atoms with Gasteiger partial charge in [0.15, 0.2) is 0 Å². The molecule has 3 nitrogen and oxygen atoms in total. The van der Waals surface area contributed by atoms with E-state index in [0.29, 0.717) is 12.1 Å². The molecule has 0 bridgehead atoms. The summed E-state index contributed by atoms with van der Waals surface area (Å²) >= 11 is 0. The molecule has 0 aromatic carbocycles. The van der Waals surface area contributed by atoms with Gasteiger partial charge in [-0.2, -0.15) is 0 Å². The monoisotopic (exact) mass is 240 g/mol. The highest BCUT2D eigenvalue weighted by Gasteiger charge is 2.21. The average Bonchev–Trinajstić information content (AvgIpc) is 2.82. The summed E-state index contributed by atoms with van der Waals surface area (Å²) in [7, 11) is 2.28. The van der Waals surface area contributed by atoms with Crippen molar-refractivity contribution in [3.63, 3.8) is 0 Å². The molecule has 17 heavy (non-hydrogen) atoms. The lowest BCUT2D eigenvalue weighted by molar-refractivity contribution is 0.0130. The van der Waals surface area contributed by atoms with Gasteiger partial charge in [-0.05, 0) is 39.7 Å². The van der Waals surface area contributed by atoms with Crippen LogP contribution in [0.2, 0.25) is 0 Å². The summed E-state index contributed by atoms with van der Waals surface area (Å²) in [4.78, 5) is 2.54. The lowest BCUT2D eigenvalue weighted by atomic mass is 10.0. The van der Waals surface area contributed by atoms with Gasteiger partial charge in [0.1, 0.15) is 0 Å². The minimum atomic E-state index is 0.439. The minimum Gasteiger partial charge on any atom is -0.378 e. The van der Waals surface area contributed by atoms with E-state index in [4.69, 9.17) is 4.74 Å². The first-order chi connectivity index (χ1) is 8.25. The van der Waals surface area contributed by atoms with Gasteiger partial charge in [-0.3, -0.25) is 0 Å². The summed E-state index contributed by atoms with van der Waals surface area (Å²) in [6, 6.07) is 1.53. The number of nitrogens with one attached hydrogen (secondary N) is 1. The van der Waals surface area contributed by atoms with Crippen molar-refractivity contribution in [1.29, 1.82) is 0 Å². The van der Waals surface area contributed by atoms with Crippen molar-refractivity contribution in [2.45, 2.75) is 63.6 Å². The normalized spacial score (nSPS) is 31.2. The highest BCUT2D eigenvalue weighted by atomic mass is 16.5. The molecule has 100 valence electrons. The van der Waals surface area contributed by atoms with Crippen LogP contribution in [-0.4, -0.2) is 49.8 Å². The third kappa shape index (κ3) is 4.23. The molecule has 2 rings (SSSR count). The standard InChI is InChI=1S/C14H28N2O/c1-12-11-13(7-10-17-12)15-8-9-16(2)14-5-3-4-6-14/h12-15H,3-11H2,1-2H3. The highest BCUT2D eigenvalue weighted by molar-refractivity contribution is 4.78. The van der Waals surface area contributed by atoms with Crippen LogP contribution in [0.25, 0.3) is 0 Å². The van der Waals surface area contributed by atoms with Crippen LogP contribution in [0.3, 0.4) is 0 Å². The Morgan fingerprint density at radius 1 is 1.24 bits per heavy atom. The third-order valence-electron chi connectivity index (χ3n) is 4.33. The molecule has 0 amide bonds. The number of ether oxygens (including phenoxy) is 1. The zero-order valence-electron chi connectivity index (χ0n) is 11.5. The van der Waals surface area contributed by atoms with Crippen molar-refractivity contribution < 1.29 is 4.74 Å². The van der Waals surface area contributed by atoms with Gasteiger partial charge in [-0.25, -0.2) is 0 Å². The lowest BCUT2D eigenvalue weighted by Crippen LogP contribution is -2.42. The summed E-state index contributed by atoms with van der Waals surface area (Å²) in [6.45, 7) is 5.43. The van der Waals surface area contributed by atoms with Crippen LogP contribution >= 0.6 is 0 Å². The molecular formula is C14H28N2O. The summed E-state index contributed by atoms with van der Waals surface area (Å²) in [5, 5.41) is 3.68. The fourth-order valence-corrected chi connectivity index (χ4v) is 3.16. The summed E-state index contributed by atoms with van der Waals surface area (Å²) < 4.78 is 5.57. The number of nitrogens with zero attached hydrogens (tertiary/aromatic N) is 1. The van der Waals surface area contributed by atoms with Gasteiger partial charge in [-0.1, -0.05) is 12.8 Å². The summed E-state index contributed by atoms with van der Waals surface area (Å²) in [5.41, 5.74) is 0. The molecule has 1 N–H and O–H groups in total. The van der Waals surface area contributed by atoms with E-state index in [-0.39, 0.29) is 0 Å². The second-order valence-corrected chi connectivity index (χ2v) is 5.78. The first-order valence-corrected chi connectivity index (χ1v) is 7.31. The van der Waals surface area contributed by atoms with Crippen molar-refractivity contribution in [3.05, 3.63) is 0 Å². The predicted molar refractivity (Wildman–Crippen MR) is 71.3 cm³/mol. The van der Waals surface area contributed by atoms with Crippen molar-refractivity contribution in [2.24, 2.45) is 0 Å². The first-order valence-electron chi connectivity index (χ1n) is 7.31. The molecule has 3 heteroatoms. The van der Waals surface area contributed by atoms with E-state index in [1.165, 1.54) is 45.1 Å². The molecular weight excluding hydrogens is 212 g/mol. The summed E-state index contributed by atoms with van der Waals surface area (Å²) in [6.07, 6.45) is 8.47. The van der Waals surface area contributed by atoms with Crippen molar-refractivity contribution >= 4 is 0 Å². The zero-order chi connectivity index (χ0) is 12.1. The van der Waals surface area contributed by atoms with Gasteiger partial charge in [0, 0.05) is 31.8 Å². The number of hydrogen-bond donors (Lipinski definition) is 1. The second kappa shape index (κ2) is 6.72. The molecule has 2 fully saturated rings. The van der Waals surface area contributed by atoms with Crippen LogP contribution < -0.4 is 5.32 Å². The lowest BCUT2D eigenvalue weighted by Gasteiger charge is -2.30. The van der Waals surface area contributed by atoms with E-state index >= 15 is 0 Å². The molecule has 2 atom stereocenters. The van der Waals surface area contributed by atoms with Crippen LogP contribution in [-0.2, 0) is 4.74 Å². The largest absolute Gasteiger partial charge is 0.378 e. The van der Waals surface area contributed by atoms with Gasteiger partial charge in [-0.15, -0.1) is 0 Å². The zero-order valence-corrected chi connectivity index (χ0v) is 11.5. The van der Waals surface area contributed by atoms with E-state index in [2.05, 4.69) is 24.2 Å². The maximum absolute atomic E-state index is 5.57. The van der Waals surface area contributed by atoms with E-state index < -0.39 is 0 Å². The topological polar surface area (TPSA) is 24.5 Å². The van der Waals surface area contributed by atoms with Crippen molar-refractivity contribution in [3.8, 4) is 0 Å². The molecule has 0 spiro atoms. The Hall–Kier alpha value is -0.120. The Kier molecular flexibility index (Phi) is 5.26. The van der Waals surface area contributed by atoms with E-state index in [0.717, 1.165) is 19.2 Å². The second-order valence-electron chi connectivity index (χ2n) is 5.78. The maximum atomic E-state index is 5.57. The Balaban J connectivity index is 1.58. The number of rotatable bonds is 5. The molecule has 1 saturated carbocycles. The van der Waals surface area contributed by atoms with Crippen LogP contribution in [0.1, 0.15) is 45.4 Å². The molecule has 0 radical (unpaired) electrons. The number of likely N-dealkylation sites (N-methyl/N-ethyl adjacent to an activating group) is 1. The van der Waals surface area contributed by atoms with Crippen molar-refractivity contribution in [2.75, 3.05) is 26.7 Å². The van der Waals surface area contributed by atoms with Gasteiger partial charge >= 0.3 is 0 Å². The van der Waals surface area contributed by atoms with Gasteiger partial charge in [0.25, 0.3) is 0 Å². The summed E-state index contributed by atoms with van der Waals surface area (Å²) in [5.74, 6) is 0. The fourth-order valence-electron chi connectivity index (χ4n) is 3.16. The molecule has 1 aliphatic carbocycles. The molecule has 2 unspecified atom stereocenters. The molecule has 0 aromatic rings. The Morgan fingerprint density at radius 3 is 2.71 bits per heavy atom. The molecule has 2 aliphatic rings. The SMILES string of the molecule is CC1CC(NCCN(C)C2CCCC2)CCO1. The fraction of sp³-hybridized carbons (Fsp3) is 1.00. The molecule has 1 aliphatic heterocycles. The highest BCUT2D eigenvalue weighted by Crippen LogP contribution is 2.21. The molecule has 1 heterocycles. The van der Waals surface area contributed by atoms with E-state index in [1.54, 1.807) is 0 Å². The molecule has 0 aromatic heterocycles. The first kappa shape index (κ1) is 13.3. The van der Waals surface area contributed by atoms with Gasteiger partial charge in [0.2, 0.25) is 0 Å². The predicted octanol–water partition coefficient (Wildman–Crippen LogP) is 2.02. The Morgan fingerprint density at radius 2 is 2.00 bits per heavy atom. The average molecular weight is 240 g/mol. The Bertz CT molecular complexity index is 214. The minimum absolute atomic E-state index is 0.439. The molecule has 1 saturated heterocycles. The van der Waals surface area contributed by atoms with Crippen LogP contribution in [0, 0.1) is 0 Å². The van der Waals surface area contributed by atoms with Gasteiger partial charge < -0.3 is 15.0 Å². The van der Waals surface area contributed by atoms with Crippen LogP contribution in [0.15, 0.2) is 0 Å². The Labute approximate surface area is 106 Å².